The monoisotopic (exact) mass is 354 g/mol. The first-order chi connectivity index (χ1) is 12.5. The number of carbonyl (C=O) groups excluding carboxylic acids is 2. The molecule has 0 bridgehead atoms. The summed E-state index contributed by atoms with van der Waals surface area (Å²) in [6.45, 7) is 4.13. The van der Waals surface area contributed by atoms with Gasteiger partial charge in [0.15, 0.2) is 0 Å². The molecule has 2 aromatic carbocycles. The number of benzene rings is 2. The van der Waals surface area contributed by atoms with Gasteiger partial charge >= 0.3 is 0 Å². The van der Waals surface area contributed by atoms with E-state index in [2.05, 4.69) is 11.9 Å². The highest BCUT2D eigenvalue weighted by molar-refractivity contribution is 6.08. The van der Waals surface area contributed by atoms with Crippen LogP contribution in [0.4, 0.5) is 15.8 Å². The third kappa shape index (κ3) is 3.31. The lowest BCUT2D eigenvalue weighted by atomic mass is 9.95. The van der Waals surface area contributed by atoms with Gasteiger partial charge in [-0.15, -0.1) is 0 Å². The Labute approximate surface area is 151 Å². The molecule has 5 nitrogen and oxygen atoms in total. The molecule has 0 radical (unpaired) electrons. The van der Waals surface area contributed by atoms with E-state index in [1.807, 2.05) is 6.07 Å². The summed E-state index contributed by atoms with van der Waals surface area (Å²) in [6.07, 6.45) is 2.72. The average molecular weight is 354 g/mol. The number of ether oxygens (including phenoxy) is 1. The number of hydrogen-bond donors (Lipinski definition) is 1. The molecule has 0 fully saturated rings. The minimum atomic E-state index is -0.449. The van der Waals surface area contributed by atoms with Crippen molar-refractivity contribution in [2.24, 2.45) is 0 Å². The van der Waals surface area contributed by atoms with E-state index in [1.54, 1.807) is 17.0 Å². The zero-order valence-corrected chi connectivity index (χ0v) is 14.4. The van der Waals surface area contributed by atoms with Crippen LogP contribution in [0.2, 0.25) is 0 Å². The smallest absolute Gasteiger partial charge is 0.256 e. The van der Waals surface area contributed by atoms with Crippen molar-refractivity contribution in [3.8, 4) is 5.75 Å². The molecule has 1 heterocycles. The summed E-state index contributed by atoms with van der Waals surface area (Å²) in [5.41, 5.74) is 2.40. The maximum Gasteiger partial charge on any atom is 0.256 e. The third-order valence-corrected chi connectivity index (χ3v) is 4.35. The van der Waals surface area contributed by atoms with Crippen LogP contribution >= 0.6 is 0 Å². The van der Waals surface area contributed by atoms with Crippen LogP contribution in [0, 0.1) is 5.82 Å². The molecule has 0 atom stereocenters. The number of nitrogens with one attached hydrogen (secondary N) is 1. The van der Waals surface area contributed by atoms with Gasteiger partial charge in [0.1, 0.15) is 11.6 Å². The van der Waals surface area contributed by atoms with Crippen LogP contribution in [0.25, 0.3) is 0 Å². The lowest BCUT2D eigenvalue weighted by Gasteiger charge is -2.29. The number of amides is 2. The number of carbonyl (C=O) groups is 2. The van der Waals surface area contributed by atoms with E-state index in [1.165, 1.54) is 31.4 Å². The van der Waals surface area contributed by atoms with Gasteiger partial charge in [0.05, 0.1) is 12.8 Å². The summed E-state index contributed by atoms with van der Waals surface area (Å²) >= 11 is 0. The largest absolute Gasteiger partial charge is 0.494 e. The molecule has 0 saturated carbocycles. The molecular formula is C20H19FN2O3. The lowest BCUT2D eigenvalue weighted by Crippen LogP contribution is -2.35. The third-order valence-electron chi connectivity index (χ3n) is 4.35. The minimum Gasteiger partial charge on any atom is -0.494 e. The second-order valence-electron chi connectivity index (χ2n) is 5.90. The van der Waals surface area contributed by atoms with Crippen molar-refractivity contribution in [1.82, 2.24) is 0 Å². The SMILES string of the molecule is C=CC(=O)N1CCCc2c(C(=O)Nc3ccc(F)cc3OC)cccc21. The molecule has 6 heteroatoms. The number of methoxy groups -OCH3 is 1. The summed E-state index contributed by atoms with van der Waals surface area (Å²) in [7, 11) is 1.41. The van der Waals surface area contributed by atoms with Gasteiger partial charge in [-0.25, -0.2) is 4.39 Å². The predicted octanol–water partition coefficient (Wildman–Crippen LogP) is 3.55. The van der Waals surface area contributed by atoms with Gasteiger partial charge in [-0.2, -0.15) is 0 Å². The van der Waals surface area contributed by atoms with Gasteiger partial charge in [-0.1, -0.05) is 12.6 Å². The van der Waals surface area contributed by atoms with Crippen LogP contribution in [-0.4, -0.2) is 25.5 Å². The first-order valence-electron chi connectivity index (χ1n) is 8.26. The zero-order valence-electron chi connectivity index (χ0n) is 14.4. The summed E-state index contributed by atoms with van der Waals surface area (Å²) in [5, 5.41) is 2.76. The first kappa shape index (κ1) is 17.7. The predicted molar refractivity (Wildman–Crippen MR) is 98.2 cm³/mol. The molecule has 1 N–H and O–H groups in total. The van der Waals surface area contributed by atoms with Crippen molar-refractivity contribution in [2.75, 3.05) is 23.9 Å². The quantitative estimate of drug-likeness (QED) is 0.854. The van der Waals surface area contributed by atoms with Crippen LogP contribution in [0.1, 0.15) is 22.3 Å². The van der Waals surface area contributed by atoms with Gasteiger partial charge in [0.2, 0.25) is 5.91 Å². The summed E-state index contributed by atoms with van der Waals surface area (Å²) in [5.74, 6) is -0.731. The molecule has 1 aliphatic heterocycles. The maximum atomic E-state index is 13.3. The van der Waals surface area contributed by atoms with Crippen molar-refractivity contribution in [3.05, 3.63) is 66.0 Å². The molecule has 0 unspecified atom stereocenters. The number of rotatable bonds is 4. The Morgan fingerprint density at radius 3 is 2.85 bits per heavy atom. The number of nitrogens with zero attached hydrogens (tertiary/aromatic N) is 1. The highest BCUT2D eigenvalue weighted by Gasteiger charge is 2.25. The van der Waals surface area contributed by atoms with Crippen molar-refractivity contribution in [3.63, 3.8) is 0 Å². The minimum absolute atomic E-state index is 0.191. The van der Waals surface area contributed by atoms with Crippen LogP contribution in [0.3, 0.4) is 0 Å². The molecular weight excluding hydrogens is 335 g/mol. The van der Waals surface area contributed by atoms with Crippen LogP contribution in [0.15, 0.2) is 49.1 Å². The standard InChI is InChI=1S/C20H19FN2O3/c1-3-19(24)23-11-5-7-14-15(6-4-8-17(14)23)20(25)22-16-10-9-13(21)12-18(16)26-2/h3-4,6,8-10,12H,1,5,7,11H2,2H3,(H,22,25). The van der Waals surface area contributed by atoms with Crippen LogP contribution < -0.4 is 15.0 Å². The molecule has 1 aliphatic rings. The zero-order chi connectivity index (χ0) is 18.7. The molecule has 0 aliphatic carbocycles. The van der Waals surface area contributed by atoms with Crippen molar-refractivity contribution in [2.45, 2.75) is 12.8 Å². The van der Waals surface area contributed by atoms with E-state index in [0.717, 1.165) is 17.7 Å². The second kappa shape index (κ2) is 7.39. The Morgan fingerprint density at radius 1 is 1.31 bits per heavy atom. The van der Waals surface area contributed by atoms with Crippen molar-refractivity contribution >= 4 is 23.2 Å². The number of anilines is 2. The maximum absolute atomic E-state index is 13.3. The Bertz CT molecular complexity index is 879. The molecule has 0 spiro atoms. The summed E-state index contributed by atoms with van der Waals surface area (Å²) in [6, 6.07) is 9.19. The molecule has 0 saturated heterocycles. The van der Waals surface area contributed by atoms with E-state index in [4.69, 9.17) is 4.74 Å². The molecule has 134 valence electrons. The second-order valence-corrected chi connectivity index (χ2v) is 5.90. The Hall–Kier alpha value is -3.15. The normalized spacial score (nSPS) is 12.9. The van der Waals surface area contributed by atoms with E-state index in [9.17, 15) is 14.0 Å². The van der Waals surface area contributed by atoms with Gasteiger partial charge in [-0.3, -0.25) is 9.59 Å². The summed E-state index contributed by atoms with van der Waals surface area (Å²) < 4.78 is 18.5. The van der Waals surface area contributed by atoms with Gasteiger partial charge in [0, 0.05) is 23.9 Å². The van der Waals surface area contributed by atoms with Crippen molar-refractivity contribution in [1.29, 1.82) is 0 Å². The highest BCUT2D eigenvalue weighted by atomic mass is 19.1. The van der Waals surface area contributed by atoms with E-state index >= 15 is 0 Å². The van der Waals surface area contributed by atoms with E-state index in [-0.39, 0.29) is 17.6 Å². The first-order valence-corrected chi connectivity index (χ1v) is 8.26. The average Bonchev–Trinajstić information content (AvgIpc) is 2.67. The number of hydrogen-bond acceptors (Lipinski definition) is 3. The lowest BCUT2D eigenvalue weighted by molar-refractivity contribution is -0.114. The molecule has 2 aromatic rings. The molecule has 3 rings (SSSR count). The van der Waals surface area contributed by atoms with E-state index < -0.39 is 5.82 Å². The number of halogens is 1. The van der Waals surface area contributed by atoms with Crippen LogP contribution in [-0.2, 0) is 11.2 Å². The number of fused-ring (bicyclic) bond motifs is 1. The summed E-state index contributed by atoms with van der Waals surface area (Å²) in [4.78, 5) is 26.5. The molecule has 26 heavy (non-hydrogen) atoms. The fourth-order valence-electron chi connectivity index (χ4n) is 3.13. The molecule has 0 aromatic heterocycles. The van der Waals surface area contributed by atoms with Gasteiger partial charge in [0.25, 0.3) is 5.91 Å². The van der Waals surface area contributed by atoms with Gasteiger partial charge < -0.3 is 15.0 Å². The topological polar surface area (TPSA) is 58.6 Å². The van der Waals surface area contributed by atoms with Crippen LogP contribution in [0.5, 0.6) is 5.75 Å². The molecule has 2 amide bonds. The van der Waals surface area contributed by atoms with Crippen molar-refractivity contribution < 1.29 is 18.7 Å². The Morgan fingerprint density at radius 2 is 2.12 bits per heavy atom. The fourth-order valence-corrected chi connectivity index (χ4v) is 3.13. The Balaban J connectivity index is 1.94. The highest BCUT2D eigenvalue weighted by Crippen LogP contribution is 2.31. The fraction of sp³-hybridized carbons (Fsp3) is 0.200. The van der Waals surface area contributed by atoms with Gasteiger partial charge in [-0.05, 0) is 48.7 Å². The Kier molecular flexibility index (Phi) is 5.02. The van der Waals surface area contributed by atoms with E-state index in [0.29, 0.717) is 24.2 Å².